The van der Waals surface area contributed by atoms with Crippen molar-refractivity contribution < 1.29 is 0 Å². The number of hydrogen-bond acceptors (Lipinski definition) is 4. The van der Waals surface area contributed by atoms with E-state index in [9.17, 15) is 0 Å². The van der Waals surface area contributed by atoms with Crippen LogP contribution in [0.15, 0.2) is 29.9 Å². The largest absolute Gasteiger partial charge is 0.329 e. The molecule has 1 atom stereocenters. The van der Waals surface area contributed by atoms with Gasteiger partial charge in [-0.15, -0.1) is 11.3 Å². The molecule has 1 N–H and O–H groups in total. The lowest BCUT2D eigenvalue weighted by atomic mass is 10.3. The maximum absolute atomic E-state index is 5.35. The van der Waals surface area contributed by atoms with Gasteiger partial charge in [-0.3, -0.25) is 4.57 Å². The van der Waals surface area contributed by atoms with Crippen LogP contribution >= 0.6 is 23.6 Å². The summed E-state index contributed by atoms with van der Waals surface area (Å²) in [5.41, 5.74) is 1.83. The van der Waals surface area contributed by atoms with Crippen LogP contribution in [0.2, 0.25) is 0 Å². The number of H-pyrrole nitrogens is 1. The number of pyridine rings is 1. The average Bonchev–Trinajstić information content (AvgIpc) is 2.94. The number of rotatable bonds is 2. The van der Waals surface area contributed by atoms with Crippen LogP contribution in [0.4, 0.5) is 0 Å². The third-order valence-corrected chi connectivity index (χ3v) is 3.92. The number of fused-ring (bicyclic) bond motifs is 1. The molecule has 4 nitrogen and oxygen atoms in total. The Bertz CT molecular complexity index is 696. The molecule has 0 fully saturated rings. The summed E-state index contributed by atoms with van der Waals surface area (Å²) in [6, 6.07) is 3.97. The van der Waals surface area contributed by atoms with Crippen molar-refractivity contribution in [2.24, 2.45) is 0 Å². The van der Waals surface area contributed by atoms with Crippen LogP contribution in [0.3, 0.4) is 0 Å². The maximum Gasteiger partial charge on any atom is 0.179 e. The number of nitrogens with zero attached hydrogens (tertiary/aromatic N) is 3. The van der Waals surface area contributed by atoms with Gasteiger partial charge in [0, 0.05) is 17.8 Å². The summed E-state index contributed by atoms with van der Waals surface area (Å²) in [5.74, 6) is 0. The normalized spacial score (nSPS) is 13.0. The molecule has 3 aromatic rings. The number of aromatic amines is 1. The molecule has 0 aromatic carbocycles. The molecule has 0 spiro atoms. The molecule has 3 rings (SSSR count). The average molecular weight is 262 g/mol. The molecule has 1 unspecified atom stereocenters. The van der Waals surface area contributed by atoms with Crippen LogP contribution < -0.4 is 0 Å². The predicted octanol–water partition coefficient (Wildman–Crippen LogP) is 3.16. The van der Waals surface area contributed by atoms with E-state index < -0.39 is 0 Å². The zero-order chi connectivity index (χ0) is 11.8. The van der Waals surface area contributed by atoms with Gasteiger partial charge < -0.3 is 4.98 Å². The molecule has 0 aliphatic carbocycles. The van der Waals surface area contributed by atoms with Gasteiger partial charge in [0.15, 0.2) is 10.4 Å². The predicted molar refractivity (Wildman–Crippen MR) is 70.8 cm³/mol. The van der Waals surface area contributed by atoms with E-state index in [0.29, 0.717) is 4.77 Å². The highest BCUT2D eigenvalue weighted by molar-refractivity contribution is 7.71. The van der Waals surface area contributed by atoms with Crippen molar-refractivity contribution in [2.45, 2.75) is 13.0 Å². The number of nitrogens with one attached hydrogen (secondary N) is 1. The molecule has 0 bridgehead atoms. The first-order valence-electron chi connectivity index (χ1n) is 5.22. The third-order valence-electron chi connectivity index (χ3n) is 2.67. The highest BCUT2D eigenvalue weighted by Crippen LogP contribution is 2.24. The summed E-state index contributed by atoms with van der Waals surface area (Å²) in [6.07, 6.45) is 3.58. The quantitative estimate of drug-likeness (QED) is 0.722. The topological polar surface area (TPSA) is 46.5 Å². The van der Waals surface area contributed by atoms with Crippen molar-refractivity contribution in [2.75, 3.05) is 0 Å². The van der Waals surface area contributed by atoms with E-state index in [0.717, 1.165) is 16.2 Å². The molecule has 0 aliphatic rings. The van der Waals surface area contributed by atoms with E-state index in [2.05, 4.69) is 21.9 Å². The molecular formula is C11H10N4S2. The van der Waals surface area contributed by atoms with Gasteiger partial charge in [-0.05, 0) is 31.3 Å². The fourth-order valence-electron chi connectivity index (χ4n) is 1.87. The Hall–Kier alpha value is -1.53. The van der Waals surface area contributed by atoms with E-state index in [-0.39, 0.29) is 6.04 Å². The molecule has 0 radical (unpaired) electrons. The first-order valence-corrected chi connectivity index (χ1v) is 6.51. The van der Waals surface area contributed by atoms with Crippen molar-refractivity contribution in [3.63, 3.8) is 0 Å². The van der Waals surface area contributed by atoms with E-state index in [1.54, 1.807) is 17.5 Å². The summed E-state index contributed by atoms with van der Waals surface area (Å²) in [4.78, 5) is 11.9. The van der Waals surface area contributed by atoms with Crippen molar-refractivity contribution in [1.82, 2.24) is 19.5 Å². The first kappa shape index (κ1) is 10.6. The van der Waals surface area contributed by atoms with E-state index in [1.807, 2.05) is 28.3 Å². The van der Waals surface area contributed by atoms with Crippen LogP contribution in [0.1, 0.15) is 18.0 Å². The smallest absolute Gasteiger partial charge is 0.179 e. The zero-order valence-electron chi connectivity index (χ0n) is 9.12. The van der Waals surface area contributed by atoms with Gasteiger partial charge in [-0.25, -0.2) is 9.97 Å². The summed E-state index contributed by atoms with van der Waals surface area (Å²) in [7, 11) is 0. The Labute approximate surface area is 107 Å². The van der Waals surface area contributed by atoms with Gasteiger partial charge >= 0.3 is 0 Å². The van der Waals surface area contributed by atoms with E-state index >= 15 is 0 Å². The Morgan fingerprint density at radius 2 is 2.29 bits per heavy atom. The maximum atomic E-state index is 5.35. The van der Waals surface area contributed by atoms with E-state index in [1.165, 1.54) is 0 Å². The molecule has 6 heteroatoms. The second-order valence-electron chi connectivity index (χ2n) is 3.72. The molecule has 86 valence electrons. The Morgan fingerprint density at radius 3 is 3.06 bits per heavy atom. The van der Waals surface area contributed by atoms with Crippen LogP contribution in [-0.2, 0) is 0 Å². The van der Waals surface area contributed by atoms with Crippen molar-refractivity contribution in [1.29, 1.82) is 0 Å². The molecule has 3 heterocycles. The fourth-order valence-corrected chi connectivity index (χ4v) is 2.91. The number of thiazole rings is 1. The molecule has 3 aromatic heterocycles. The third kappa shape index (κ3) is 1.69. The minimum absolute atomic E-state index is 0.103. The molecule has 17 heavy (non-hydrogen) atoms. The second kappa shape index (κ2) is 4.05. The van der Waals surface area contributed by atoms with Crippen LogP contribution in [0.5, 0.6) is 0 Å². The van der Waals surface area contributed by atoms with Gasteiger partial charge in [0.25, 0.3) is 0 Å². The summed E-state index contributed by atoms with van der Waals surface area (Å²) in [6.45, 7) is 2.08. The van der Waals surface area contributed by atoms with Crippen molar-refractivity contribution in [3.8, 4) is 0 Å². The molecule has 0 amide bonds. The van der Waals surface area contributed by atoms with Gasteiger partial charge in [0.2, 0.25) is 0 Å². The molecular weight excluding hydrogens is 252 g/mol. The Morgan fingerprint density at radius 1 is 1.41 bits per heavy atom. The molecule has 0 saturated carbocycles. The fraction of sp³-hybridized carbons (Fsp3) is 0.182. The number of hydrogen-bond donors (Lipinski definition) is 1. The lowest BCUT2D eigenvalue weighted by Gasteiger charge is -2.10. The first-order chi connectivity index (χ1) is 8.27. The van der Waals surface area contributed by atoms with Gasteiger partial charge in [-0.2, -0.15) is 0 Å². The summed E-state index contributed by atoms with van der Waals surface area (Å²) in [5, 5.41) is 3.00. The number of aromatic nitrogens is 4. The van der Waals surface area contributed by atoms with Gasteiger partial charge in [0.1, 0.15) is 5.01 Å². The molecule has 0 saturated heterocycles. The lowest BCUT2D eigenvalue weighted by Crippen LogP contribution is -2.07. The van der Waals surface area contributed by atoms with Crippen molar-refractivity contribution in [3.05, 3.63) is 39.7 Å². The Balaban J connectivity index is 2.23. The highest BCUT2D eigenvalue weighted by atomic mass is 32.1. The van der Waals surface area contributed by atoms with Gasteiger partial charge in [0.05, 0.1) is 11.6 Å². The minimum atomic E-state index is 0.103. The van der Waals surface area contributed by atoms with E-state index in [4.69, 9.17) is 12.2 Å². The second-order valence-corrected chi connectivity index (χ2v) is 5.03. The summed E-state index contributed by atoms with van der Waals surface area (Å²) < 4.78 is 2.69. The van der Waals surface area contributed by atoms with Crippen LogP contribution in [0.25, 0.3) is 11.2 Å². The Kier molecular flexibility index (Phi) is 2.53. The van der Waals surface area contributed by atoms with Crippen LogP contribution in [-0.4, -0.2) is 19.5 Å². The van der Waals surface area contributed by atoms with Crippen molar-refractivity contribution >= 4 is 34.7 Å². The zero-order valence-corrected chi connectivity index (χ0v) is 10.8. The number of imidazole rings is 1. The highest BCUT2D eigenvalue weighted by Gasteiger charge is 2.15. The monoisotopic (exact) mass is 262 g/mol. The molecule has 0 aliphatic heterocycles. The van der Waals surface area contributed by atoms with Gasteiger partial charge in [-0.1, -0.05) is 0 Å². The standard InChI is InChI=1S/C11H10N4S2/c1-7(10-13-5-6-17-10)15-9-8(14-11(15)16)3-2-4-12-9/h2-7H,1H3,(H,14,16). The SMILES string of the molecule is CC(c1nccs1)n1c(=S)[nH]c2cccnc21. The lowest BCUT2D eigenvalue weighted by molar-refractivity contribution is 0.639. The minimum Gasteiger partial charge on any atom is -0.329 e. The van der Waals surface area contributed by atoms with Crippen LogP contribution in [0, 0.1) is 4.77 Å². The summed E-state index contributed by atoms with van der Waals surface area (Å²) >= 11 is 6.97.